The highest BCUT2D eigenvalue weighted by atomic mass is 32.1. The molecule has 28 heavy (non-hydrogen) atoms. The molecule has 1 unspecified atom stereocenters. The number of piperidine rings is 1. The van der Waals surface area contributed by atoms with Gasteiger partial charge in [0.05, 0.1) is 5.01 Å². The fourth-order valence-electron chi connectivity index (χ4n) is 2.90. The summed E-state index contributed by atoms with van der Waals surface area (Å²) in [4.78, 5) is 14.5. The number of anilines is 2. The van der Waals surface area contributed by atoms with Crippen LogP contribution in [0.15, 0.2) is 11.4 Å². The van der Waals surface area contributed by atoms with Crippen LogP contribution in [-0.4, -0.2) is 42.1 Å². The molecule has 0 saturated carbocycles. The molecular formula is C16H17F6N5S. The van der Waals surface area contributed by atoms with Gasteiger partial charge in [0.25, 0.3) is 0 Å². The Bertz CT molecular complexity index is 832. The van der Waals surface area contributed by atoms with E-state index in [1.165, 1.54) is 4.90 Å². The van der Waals surface area contributed by atoms with Crippen molar-refractivity contribution in [2.45, 2.75) is 31.1 Å². The van der Waals surface area contributed by atoms with Gasteiger partial charge in [-0.05, 0) is 12.8 Å². The molecule has 1 fully saturated rings. The molecule has 5 nitrogen and oxygen atoms in total. The maximum Gasteiger partial charge on any atom is 0.434 e. The molecule has 1 aliphatic rings. The van der Waals surface area contributed by atoms with Crippen LogP contribution in [-0.2, 0) is 12.4 Å². The zero-order valence-corrected chi connectivity index (χ0v) is 15.8. The molecule has 0 spiro atoms. The Morgan fingerprint density at radius 1 is 1.04 bits per heavy atom. The number of nitrogens with zero attached hydrogens (tertiary/aromatic N) is 5. The molecule has 1 atom stereocenters. The smallest absolute Gasteiger partial charge is 0.363 e. The topological polar surface area (TPSA) is 45.2 Å². The van der Waals surface area contributed by atoms with E-state index in [4.69, 9.17) is 0 Å². The van der Waals surface area contributed by atoms with Gasteiger partial charge < -0.3 is 9.80 Å². The lowest BCUT2D eigenvalue weighted by atomic mass is 9.99. The summed E-state index contributed by atoms with van der Waals surface area (Å²) in [5, 5.41) is 1.27. The van der Waals surface area contributed by atoms with Crippen molar-refractivity contribution in [2.75, 3.05) is 37.0 Å². The van der Waals surface area contributed by atoms with Crippen molar-refractivity contribution in [3.05, 3.63) is 27.8 Å². The summed E-state index contributed by atoms with van der Waals surface area (Å²) >= 11 is 0.909. The lowest BCUT2D eigenvalue weighted by molar-refractivity contribution is -0.141. The maximum atomic E-state index is 13.2. The molecule has 2 aromatic rings. The van der Waals surface area contributed by atoms with Gasteiger partial charge in [-0.2, -0.15) is 31.3 Å². The summed E-state index contributed by atoms with van der Waals surface area (Å²) in [6.07, 6.45) is -7.97. The first-order chi connectivity index (χ1) is 12.9. The second-order valence-electron chi connectivity index (χ2n) is 6.66. The third-order valence-corrected chi connectivity index (χ3v) is 5.32. The van der Waals surface area contributed by atoms with Crippen molar-refractivity contribution in [1.82, 2.24) is 15.0 Å². The summed E-state index contributed by atoms with van der Waals surface area (Å²) in [5.74, 6) is -0.306. The van der Waals surface area contributed by atoms with Gasteiger partial charge in [-0.3, -0.25) is 0 Å². The molecule has 12 heteroatoms. The molecule has 3 rings (SSSR count). The number of hydrogen-bond acceptors (Lipinski definition) is 6. The van der Waals surface area contributed by atoms with Crippen LogP contribution in [0.5, 0.6) is 0 Å². The average molecular weight is 425 g/mol. The Kier molecular flexibility index (Phi) is 5.43. The molecule has 0 amide bonds. The van der Waals surface area contributed by atoms with Crippen LogP contribution in [0, 0.1) is 0 Å². The number of rotatable bonds is 3. The molecule has 1 saturated heterocycles. The SMILES string of the molecule is CN(C)c1cc(C(F)(F)F)nc(N2CCCC(c3nc(C(F)(F)F)cs3)C2)n1. The van der Waals surface area contributed by atoms with Crippen LogP contribution in [0.2, 0.25) is 0 Å². The van der Waals surface area contributed by atoms with Gasteiger partial charge in [-0.25, -0.2) is 9.97 Å². The van der Waals surface area contributed by atoms with E-state index in [0.717, 1.165) is 22.8 Å². The number of halogens is 6. The van der Waals surface area contributed by atoms with Gasteiger partial charge in [0.1, 0.15) is 5.82 Å². The third kappa shape index (κ3) is 4.47. The Morgan fingerprint density at radius 2 is 1.71 bits per heavy atom. The first kappa shape index (κ1) is 20.6. The first-order valence-electron chi connectivity index (χ1n) is 8.36. The van der Waals surface area contributed by atoms with Crippen LogP contribution >= 0.6 is 11.3 Å². The van der Waals surface area contributed by atoms with Crippen LogP contribution in [0.4, 0.5) is 38.1 Å². The van der Waals surface area contributed by atoms with Crippen LogP contribution < -0.4 is 9.80 Å². The summed E-state index contributed by atoms with van der Waals surface area (Å²) in [6.45, 7) is 0.626. The molecule has 0 radical (unpaired) electrons. The Hall–Kier alpha value is -2.11. The first-order valence-corrected chi connectivity index (χ1v) is 9.24. The number of aromatic nitrogens is 3. The largest absolute Gasteiger partial charge is 0.434 e. The molecule has 0 aromatic carbocycles. The van der Waals surface area contributed by atoms with Gasteiger partial charge >= 0.3 is 12.4 Å². The second-order valence-corrected chi connectivity index (χ2v) is 7.55. The molecule has 154 valence electrons. The lowest BCUT2D eigenvalue weighted by Crippen LogP contribution is -2.36. The van der Waals surface area contributed by atoms with E-state index in [-0.39, 0.29) is 24.2 Å². The molecule has 1 aliphatic heterocycles. The molecule has 3 heterocycles. The zero-order valence-electron chi connectivity index (χ0n) is 15.0. The maximum absolute atomic E-state index is 13.2. The second kappa shape index (κ2) is 7.37. The summed E-state index contributed by atoms with van der Waals surface area (Å²) < 4.78 is 77.9. The van der Waals surface area contributed by atoms with E-state index < -0.39 is 23.7 Å². The molecular weight excluding hydrogens is 408 g/mol. The third-order valence-electron chi connectivity index (χ3n) is 4.32. The van der Waals surface area contributed by atoms with Crippen molar-refractivity contribution >= 4 is 23.1 Å². The Morgan fingerprint density at radius 3 is 2.29 bits per heavy atom. The van der Waals surface area contributed by atoms with E-state index in [0.29, 0.717) is 24.4 Å². The average Bonchev–Trinajstić information content (AvgIpc) is 3.11. The minimum atomic E-state index is -4.63. The van der Waals surface area contributed by atoms with E-state index in [1.54, 1.807) is 19.0 Å². The highest BCUT2D eigenvalue weighted by Gasteiger charge is 2.37. The lowest BCUT2D eigenvalue weighted by Gasteiger charge is -2.32. The Balaban J connectivity index is 1.88. The predicted octanol–water partition coefficient (Wildman–Crippen LogP) is 4.42. The number of hydrogen-bond donors (Lipinski definition) is 0. The summed E-state index contributed by atoms with van der Waals surface area (Å²) in [7, 11) is 3.14. The predicted molar refractivity (Wildman–Crippen MR) is 92.7 cm³/mol. The highest BCUT2D eigenvalue weighted by molar-refractivity contribution is 7.09. The van der Waals surface area contributed by atoms with Crippen LogP contribution in [0.1, 0.15) is 35.2 Å². The number of alkyl halides is 6. The monoisotopic (exact) mass is 425 g/mol. The standard InChI is InChI=1S/C16H17F6N5S/c1-26(2)12-6-10(15(17,18)19)24-14(25-12)27-5-3-4-9(7-27)13-23-11(8-28-13)16(20,21)22/h6,8-9H,3-5,7H2,1-2H3. The van der Waals surface area contributed by atoms with Crippen molar-refractivity contribution in [3.8, 4) is 0 Å². The molecule has 0 bridgehead atoms. The van der Waals surface area contributed by atoms with Gasteiger partial charge in [0.2, 0.25) is 5.95 Å². The van der Waals surface area contributed by atoms with Crippen molar-refractivity contribution in [1.29, 1.82) is 0 Å². The number of thiazole rings is 1. The van der Waals surface area contributed by atoms with Gasteiger partial charge in [-0.1, -0.05) is 0 Å². The van der Waals surface area contributed by atoms with Crippen LogP contribution in [0.25, 0.3) is 0 Å². The van der Waals surface area contributed by atoms with Crippen molar-refractivity contribution < 1.29 is 26.3 Å². The van der Waals surface area contributed by atoms with E-state index >= 15 is 0 Å². The minimum absolute atomic E-state index is 0.0872. The Labute approximate surface area is 161 Å². The fourth-order valence-corrected chi connectivity index (χ4v) is 3.86. The molecule has 0 aliphatic carbocycles. The highest BCUT2D eigenvalue weighted by Crippen LogP contribution is 2.36. The van der Waals surface area contributed by atoms with Crippen molar-refractivity contribution in [2.24, 2.45) is 0 Å². The quantitative estimate of drug-likeness (QED) is 0.682. The zero-order chi connectivity index (χ0) is 20.7. The van der Waals surface area contributed by atoms with Crippen LogP contribution in [0.3, 0.4) is 0 Å². The van der Waals surface area contributed by atoms with Gasteiger partial charge in [-0.15, -0.1) is 11.3 Å². The summed E-state index contributed by atoms with van der Waals surface area (Å²) in [6, 6.07) is 0.862. The van der Waals surface area contributed by atoms with Crippen molar-refractivity contribution in [3.63, 3.8) is 0 Å². The fraction of sp³-hybridized carbons (Fsp3) is 0.562. The minimum Gasteiger partial charge on any atom is -0.363 e. The van der Waals surface area contributed by atoms with E-state index in [2.05, 4.69) is 15.0 Å². The molecule has 0 N–H and O–H groups in total. The van der Waals surface area contributed by atoms with E-state index in [9.17, 15) is 26.3 Å². The van der Waals surface area contributed by atoms with Gasteiger partial charge in [0.15, 0.2) is 11.4 Å². The normalized spacial score (nSPS) is 18.4. The summed E-state index contributed by atoms with van der Waals surface area (Å²) in [5.41, 5.74) is -2.01. The molecule has 2 aromatic heterocycles. The van der Waals surface area contributed by atoms with E-state index in [1.807, 2.05) is 0 Å². The van der Waals surface area contributed by atoms with Gasteiger partial charge in [0, 0.05) is 44.5 Å².